The number of hydrogen-bond acceptors (Lipinski definition) is 1. The molecule has 1 aromatic rings. The first-order valence-corrected chi connectivity index (χ1v) is 7.05. The van der Waals surface area contributed by atoms with Gasteiger partial charge in [0, 0.05) is 18.2 Å². The summed E-state index contributed by atoms with van der Waals surface area (Å²) in [5, 5.41) is 2.38. The molecule has 0 spiro atoms. The van der Waals surface area contributed by atoms with Crippen LogP contribution in [-0.2, 0) is 23.3 Å². The third-order valence-electron chi connectivity index (χ3n) is 3.54. The van der Waals surface area contributed by atoms with E-state index in [4.69, 9.17) is 0 Å². The van der Waals surface area contributed by atoms with E-state index in [0.29, 0.717) is 12.1 Å². The Morgan fingerprint density at radius 1 is 0.917 bits per heavy atom. The van der Waals surface area contributed by atoms with Crippen LogP contribution in [0.4, 0.5) is 36.4 Å². The molecule has 2 nitrogen and oxygen atoms in total. The molecule has 0 unspecified atom stereocenters. The number of anilines is 1. The molecule has 0 saturated heterocycles. The van der Waals surface area contributed by atoms with Gasteiger partial charge in [-0.3, -0.25) is 4.79 Å². The standard InChI is InChI=1S/C15H16F7NO/c1-4-9-6-11(7-10(5-2)12(9)23-8(3)24)13(16,14(17,18)19)15(20,21)22/h6-7H,4-5H2,1-3H3,(H,23,24). The second kappa shape index (κ2) is 6.60. The Kier molecular flexibility index (Phi) is 5.57. The van der Waals surface area contributed by atoms with Crippen LogP contribution in [0.3, 0.4) is 0 Å². The molecule has 0 aromatic heterocycles. The van der Waals surface area contributed by atoms with Crippen LogP contribution in [0, 0.1) is 0 Å². The molecule has 136 valence electrons. The van der Waals surface area contributed by atoms with E-state index in [-0.39, 0.29) is 29.7 Å². The number of amides is 1. The fraction of sp³-hybridized carbons (Fsp3) is 0.533. The molecule has 0 fully saturated rings. The van der Waals surface area contributed by atoms with Crippen LogP contribution in [0.25, 0.3) is 0 Å². The zero-order chi connectivity index (χ0) is 18.9. The van der Waals surface area contributed by atoms with E-state index in [1.807, 2.05) is 0 Å². The maximum absolute atomic E-state index is 14.2. The van der Waals surface area contributed by atoms with Crippen molar-refractivity contribution in [1.29, 1.82) is 0 Å². The minimum atomic E-state index is -6.17. The molecule has 0 aliphatic carbocycles. The molecule has 0 saturated carbocycles. The largest absolute Gasteiger partial charge is 0.435 e. The van der Waals surface area contributed by atoms with Crippen molar-refractivity contribution in [2.45, 2.75) is 51.6 Å². The third-order valence-corrected chi connectivity index (χ3v) is 3.54. The molecule has 0 radical (unpaired) electrons. The lowest BCUT2D eigenvalue weighted by molar-refractivity contribution is -0.348. The molecular weight excluding hydrogens is 343 g/mol. The van der Waals surface area contributed by atoms with Crippen LogP contribution in [0.15, 0.2) is 12.1 Å². The predicted molar refractivity (Wildman–Crippen MR) is 74.4 cm³/mol. The van der Waals surface area contributed by atoms with Crippen molar-refractivity contribution >= 4 is 11.6 Å². The van der Waals surface area contributed by atoms with Gasteiger partial charge in [0.15, 0.2) is 0 Å². The number of aryl methyl sites for hydroxylation is 2. The summed E-state index contributed by atoms with van der Waals surface area (Å²) in [7, 11) is 0. The lowest BCUT2D eigenvalue weighted by Gasteiger charge is -2.31. The molecule has 0 bridgehead atoms. The Morgan fingerprint density at radius 3 is 1.54 bits per heavy atom. The summed E-state index contributed by atoms with van der Waals surface area (Å²) in [4.78, 5) is 11.2. The molecule has 0 aliphatic rings. The van der Waals surface area contributed by atoms with Gasteiger partial charge in [-0.2, -0.15) is 26.3 Å². The molecule has 0 heterocycles. The molecule has 1 amide bonds. The minimum Gasteiger partial charge on any atom is -0.326 e. The predicted octanol–water partition coefficient (Wildman–Crippen LogP) is 5.06. The van der Waals surface area contributed by atoms with Gasteiger partial charge in [-0.1, -0.05) is 13.8 Å². The van der Waals surface area contributed by atoms with Crippen LogP contribution in [0.1, 0.15) is 37.5 Å². The highest BCUT2D eigenvalue weighted by Gasteiger charge is 2.73. The number of nitrogens with one attached hydrogen (secondary N) is 1. The first-order chi connectivity index (χ1) is 10.8. The quantitative estimate of drug-likeness (QED) is 0.748. The average Bonchev–Trinajstić information content (AvgIpc) is 2.43. The SMILES string of the molecule is CCc1cc(C(F)(C(F)(F)F)C(F)(F)F)cc(CC)c1NC(C)=O. The second-order valence-electron chi connectivity index (χ2n) is 5.21. The van der Waals surface area contributed by atoms with E-state index < -0.39 is 29.5 Å². The van der Waals surface area contributed by atoms with Crippen LogP contribution in [0.2, 0.25) is 0 Å². The number of benzene rings is 1. The Labute approximate surface area is 134 Å². The topological polar surface area (TPSA) is 29.1 Å². The van der Waals surface area contributed by atoms with Gasteiger partial charge >= 0.3 is 18.0 Å². The Balaban J connectivity index is 3.73. The summed E-state index contributed by atoms with van der Waals surface area (Å²) in [6.07, 6.45) is -12.3. The number of carbonyl (C=O) groups excluding carboxylic acids is 1. The summed E-state index contributed by atoms with van der Waals surface area (Å²) in [6, 6.07) is 1.01. The Morgan fingerprint density at radius 2 is 1.29 bits per heavy atom. The number of hydrogen-bond donors (Lipinski definition) is 1. The van der Waals surface area contributed by atoms with Crippen molar-refractivity contribution in [1.82, 2.24) is 0 Å². The van der Waals surface area contributed by atoms with Crippen molar-refractivity contribution in [3.8, 4) is 0 Å². The van der Waals surface area contributed by atoms with Crippen molar-refractivity contribution in [2.24, 2.45) is 0 Å². The second-order valence-corrected chi connectivity index (χ2v) is 5.21. The normalized spacial score (nSPS) is 13.1. The average molecular weight is 359 g/mol. The highest BCUT2D eigenvalue weighted by molar-refractivity contribution is 5.90. The van der Waals surface area contributed by atoms with Gasteiger partial charge in [-0.25, -0.2) is 4.39 Å². The fourth-order valence-corrected chi connectivity index (χ4v) is 2.35. The summed E-state index contributed by atoms with van der Waals surface area (Å²) in [6.45, 7) is 4.10. The van der Waals surface area contributed by atoms with Gasteiger partial charge in [0.1, 0.15) is 0 Å². The summed E-state index contributed by atoms with van der Waals surface area (Å²) >= 11 is 0. The van der Waals surface area contributed by atoms with E-state index in [1.54, 1.807) is 0 Å². The van der Waals surface area contributed by atoms with Crippen molar-refractivity contribution in [3.05, 3.63) is 28.8 Å². The zero-order valence-corrected chi connectivity index (χ0v) is 13.1. The van der Waals surface area contributed by atoms with Crippen molar-refractivity contribution in [2.75, 3.05) is 5.32 Å². The molecule has 1 rings (SSSR count). The van der Waals surface area contributed by atoms with Crippen LogP contribution >= 0.6 is 0 Å². The van der Waals surface area contributed by atoms with Gasteiger partial charge in [0.05, 0.1) is 0 Å². The highest BCUT2D eigenvalue weighted by Crippen LogP contribution is 2.53. The van der Waals surface area contributed by atoms with Gasteiger partial charge in [-0.15, -0.1) is 0 Å². The lowest BCUT2D eigenvalue weighted by atomic mass is 9.88. The monoisotopic (exact) mass is 359 g/mol. The fourth-order valence-electron chi connectivity index (χ4n) is 2.35. The summed E-state index contributed by atoms with van der Waals surface area (Å²) in [5.74, 6) is -0.537. The maximum atomic E-state index is 14.2. The number of halogens is 7. The molecular formula is C15H16F7NO. The highest BCUT2D eigenvalue weighted by atomic mass is 19.4. The smallest absolute Gasteiger partial charge is 0.326 e. The molecule has 1 N–H and O–H groups in total. The van der Waals surface area contributed by atoms with Gasteiger partial charge in [0.25, 0.3) is 0 Å². The zero-order valence-electron chi connectivity index (χ0n) is 13.1. The lowest BCUT2D eigenvalue weighted by Crippen LogP contribution is -2.50. The van der Waals surface area contributed by atoms with Crippen molar-refractivity contribution in [3.63, 3.8) is 0 Å². The Hall–Kier alpha value is -1.80. The third kappa shape index (κ3) is 3.49. The number of alkyl halides is 7. The van der Waals surface area contributed by atoms with E-state index in [1.165, 1.54) is 13.8 Å². The van der Waals surface area contributed by atoms with Gasteiger partial charge in [0.2, 0.25) is 5.91 Å². The molecule has 24 heavy (non-hydrogen) atoms. The van der Waals surface area contributed by atoms with Crippen molar-refractivity contribution < 1.29 is 35.5 Å². The van der Waals surface area contributed by atoms with E-state index in [2.05, 4.69) is 5.32 Å². The molecule has 0 atom stereocenters. The summed E-state index contributed by atoms with van der Waals surface area (Å²) < 4.78 is 91.6. The van der Waals surface area contributed by atoms with E-state index >= 15 is 0 Å². The van der Waals surface area contributed by atoms with E-state index in [9.17, 15) is 35.5 Å². The maximum Gasteiger partial charge on any atom is 0.435 e. The van der Waals surface area contributed by atoms with Gasteiger partial charge in [-0.05, 0) is 36.1 Å². The minimum absolute atomic E-state index is 0.00456. The first-order valence-electron chi connectivity index (χ1n) is 7.05. The Bertz CT molecular complexity index is 580. The van der Waals surface area contributed by atoms with E-state index in [0.717, 1.165) is 6.92 Å². The van der Waals surface area contributed by atoms with Gasteiger partial charge < -0.3 is 5.32 Å². The number of carbonyl (C=O) groups is 1. The van der Waals surface area contributed by atoms with Crippen LogP contribution in [0.5, 0.6) is 0 Å². The first kappa shape index (κ1) is 20.2. The summed E-state index contributed by atoms with van der Waals surface area (Å²) in [5.41, 5.74) is -6.92. The molecule has 9 heteroatoms. The van der Waals surface area contributed by atoms with Crippen LogP contribution in [-0.4, -0.2) is 18.3 Å². The van der Waals surface area contributed by atoms with Crippen LogP contribution < -0.4 is 5.32 Å². The molecule has 1 aromatic carbocycles. The number of rotatable bonds is 4. The molecule has 0 aliphatic heterocycles.